The summed E-state index contributed by atoms with van der Waals surface area (Å²) in [6.07, 6.45) is 0.685. The molecule has 0 aromatic carbocycles. The summed E-state index contributed by atoms with van der Waals surface area (Å²) in [7, 11) is 0. The third-order valence-corrected chi connectivity index (χ3v) is 2.37. The van der Waals surface area contributed by atoms with E-state index < -0.39 is 29.6 Å². The van der Waals surface area contributed by atoms with E-state index in [1.807, 2.05) is 0 Å². The van der Waals surface area contributed by atoms with Gasteiger partial charge in [0, 0.05) is 0 Å². The first-order valence-corrected chi connectivity index (χ1v) is 7.10. The maximum atomic E-state index is 12.1. The van der Waals surface area contributed by atoms with E-state index in [9.17, 15) is 14.4 Å². The maximum Gasteiger partial charge on any atom is 0.407 e. The summed E-state index contributed by atoms with van der Waals surface area (Å²) in [5.74, 6) is -1.16. The van der Waals surface area contributed by atoms with Crippen LogP contribution in [-0.2, 0) is 19.1 Å². The smallest absolute Gasteiger partial charge is 0.407 e. The molecule has 7 heteroatoms. The van der Waals surface area contributed by atoms with Crippen LogP contribution in [0.15, 0.2) is 12.7 Å². The summed E-state index contributed by atoms with van der Waals surface area (Å²) in [5, 5.41) is 4.82. The van der Waals surface area contributed by atoms with Crippen LogP contribution in [0.3, 0.4) is 0 Å². The number of hydrogen-bond acceptors (Lipinski definition) is 5. The predicted molar refractivity (Wildman–Crippen MR) is 82.2 cm³/mol. The Morgan fingerprint density at radius 2 is 1.82 bits per heavy atom. The zero-order valence-electron chi connectivity index (χ0n) is 13.9. The molecule has 0 fully saturated rings. The summed E-state index contributed by atoms with van der Waals surface area (Å²) in [4.78, 5) is 35.0. The molecular formula is C15H26N2O5. The summed E-state index contributed by atoms with van der Waals surface area (Å²) < 4.78 is 9.93. The molecule has 0 aromatic rings. The largest absolute Gasteiger partial charge is 0.458 e. The highest BCUT2D eigenvalue weighted by Crippen LogP contribution is 2.12. The molecule has 1 atom stereocenters. The van der Waals surface area contributed by atoms with Crippen LogP contribution in [0, 0.1) is 5.92 Å². The van der Waals surface area contributed by atoms with Crippen molar-refractivity contribution in [2.24, 2.45) is 5.92 Å². The first-order chi connectivity index (χ1) is 10.1. The van der Waals surface area contributed by atoms with Crippen molar-refractivity contribution < 1.29 is 23.9 Å². The minimum Gasteiger partial charge on any atom is -0.458 e. The van der Waals surface area contributed by atoms with Crippen molar-refractivity contribution in [3.63, 3.8) is 0 Å². The van der Waals surface area contributed by atoms with Crippen molar-refractivity contribution in [3.8, 4) is 0 Å². The van der Waals surface area contributed by atoms with Gasteiger partial charge in [-0.3, -0.25) is 4.79 Å². The van der Waals surface area contributed by atoms with Crippen LogP contribution in [0.25, 0.3) is 0 Å². The molecule has 0 aromatic heterocycles. The Kier molecular flexibility index (Phi) is 8.22. The number of nitrogens with one attached hydrogen (secondary N) is 2. The molecular weight excluding hydrogens is 288 g/mol. The molecule has 2 amide bonds. The third kappa shape index (κ3) is 8.99. The number of carbonyl (C=O) groups is 3. The quantitative estimate of drug-likeness (QED) is 0.547. The average Bonchev–Trinajstić information content (AvgIpc) is 2.37. The van der Waals surface area contributed by atoms with Gasteiger partial charge in [0.05, 0.1) is 0 Å². The average molecular weight is 314 g/mol. The van der Waals surface area contributed by atoms with Gasteiger partial charge in [-0.1, -0.05) is 26.5 Å². The third-order valence-electron chi connectivity index (χ3n) is 2.37. The van der Waals surface area contributed by atoms with Crippen LogP contribution in [0.1, 0.15) is 34.6 Å². The molecule has 0 unspecified atom stereocenters. The van der Waals surface area contributed by atoms with E-state index in [1.165, 1.54) is 6.08 Å². The SMILES string of the molecule is C=CCOC(=O)NCC(=O)N[C@H](C(=O)OC(C)(C)C)C(C)C. The Morgan fingerprint density at radius 1 is 1.23 bits per heavy atom. The van der Waals surface area contributed by atoms with Gasteiger partial charge in [-0.05, 0) is 26.7 Å². The summed E-state index contributed by atoms with van der Waals surface area (Å²) >= 11 is 0. The fourth-order valence-electron chi connectivity index (χ4n) is 1.43. The molecule has 0 saturated heterocycles. The van der Waals surface area contributed by atoms with E-state index in [4.69, 9.17) is 4.74 Å². The molecule has 22 heavy (non-hydrogen) atoms. The monoisotopic (exact) mass is 314 g/mol. The Bertz CT molecular complexity index is 413. The second kappa shape index (κ2) is 9.07. The molecule has 0 aliphatic carbocycles. The number of alkyl carbamates (subject to hydrolysis) is 1. The molecule has 0 radical (unpaired) electrons. The van der Waals surface area contributed by atoms with Crippen molar-refractivity contribution in [2.75, 3.05) is 13.2 Å². The van der Waals surface area contributed by atoms with Gasteiger partial charge in [-0.25, -0.2) is 9.59 Å². The van der Waals surface area contributed by atoms with E-state index in [2.05, 4.69) is 21.9 Å². The highest BCUT2D eigenvalue weighted by molar-refractivity contribution is 5.87. The number of amides is 2. The molecule has 0 saturated carbocycles. The predicted octanol–water partition coefficient (Wildman–Crippen LogP) is 1.38. The van der Waals surface area contributed by atoms with Crippen LogP contribution in [0.5, 0.6) is 0 Å². The van der Waals surface area contributed by atoms with Gasteiger partial charge in [0.25, 0.3) is 0 Å². The normalized spacial score (nSPS) is 12.3. The maximum absolute atomic E-state index is 12.1. The first kappa shape index (κ1) is 19.9. The van der Waals surface area contributed by atoms with Crippen molar-refractivity contribution >= 4 is 18.0 Å². The standard InChI is InChI=1S/C15H26N2O5/c1-7-8-21-14(20)16-9-11(18)17-12(10(2)3)13(19)22-15(4,5)6/h7,10,12H,1,8-9H2,2-6H3,(H,16,20)(H,17,18)/t12-/m0/s1. The zero-order valence-corrected chi connectivity index (χ0v) is 13.9. The molecule has 0 aliphatic rings. The van der Waals surface area contributed by atoms with Crippen LogP contribution >= 0.6 is 0 Å². The Balaban J connectivity index is 4.44. The number of rotatable bonds is 7. The molecule has 0 aliphatic heterocycles. The highest BCUT2D eigenvalue weighted by Gasteiger charge is 2.29. The van der Waals surface area contributed by atoms with E-state index in [0.717, 1.165) is 0 Å². The van der Waals surface area contributed by atoms with Crippen LogP contribution < -0.4 is 10.6 Å². The molecule has 0 rings (SSSR count). The lowest BCUT2D eigenvalue weighted by Gasteiger charge is -2.26. The topological polar surface area (TPSA) is 93.7 Å². The molecule has 126 valence electrons. The number of esters is 1. The van der Waals surface area contributed by atoms with Gasteiger partial charge < -0.3 is 20.1 Å². The number of ether oxygens (including phenoxy) is 2. The lowest BCUT2D eigenvalue weighted by atomic mass is 10.0. The Labute approximate surface area is 131 Å². The fraction of sp³-hybridized carbons (Fsp3) is 0.667. The molecule has 0 heterocycles. The molecule has 0 spiro atoms. The van der Waals surface area contributed by atoms with Gasteiger partial charge in [-0.15, -0.1) is 0 Å². The Morgan fingerprint density at radius 3 is 2.27 bits per heavy atom. The van der Waals surface area contributed by atoms with Gasteiger partial charge in [0.15, 0.2) is 0 Å². The summed E-state index contributed by atoms with van der Waals surface area (Å²) in [6, 6.07) is -0.780. The van der Waals surface area contributed by atoms with Crippen LogP contribution in [0.2, 0.25) is 0 Å². The van der Waals surface area contributed by atoms with E-state index in [-0.39, 0.29) is 19.1 Å². The van der Waals surface area contributed by atoms with Crippen molar-refractivity contribution in [1.29, 1.82) is 0 Å². The molecule has 0 bridgehead atoms. The van der Waals surface area contributed by atoms with Gasteiger partial charge in [-0.2, -0.15) is 0 Å². The second-order valence-electron chi connectivity index (χ2n) is 6.06. The summed E-state index contributed by atoms with van der Waals surface area (Å²) in [6.45, 7) is 12.0. The highest BCUT2D eigenvalue weighted by atomic mass is 16.6. The number of carbonyl (C=O) groups excluding carboxylic acids is 3. The molecule has 7 nitrogen and oxygen atoms in total. The molecule has 2 N–H and O–H groups in total. The van der Waals surface area contributed by atoms with Gasteiger partial charge >= 0.3 is 12.1 Å². The second-order valence-corrected chi connectivity index (χ2v) is 6.06. The van der Waals surface area contributed by atoms with Crippen LogP contribution in [0.4, 0.5) is 4.79 Å². The lowest BCUT2D eigenvalue weighted by molar-refractivity contribution is -0.159. The van der Waals surface area contributed by atoms with E-state index >= 15 is 0 Å². The van der Waals surface area contributed by atoms with E-state index in [1.54, 1.807) is 34.6 Å². The van der Waals surface area contributed by atoms with Gasteiger partial charge in [0.2, 0.25) is 5.91 Å². The van der Waals surface area contributed by atoms with Gasteiger partial charge in [0.1, 0.15) is 24.8 Å². The zero-order chi connectivity index (χ0) is 17.3. The lowest BCUT2D eigenvalue weighted by Crippen LogP contribution is -2.50. The summed E-state index contributed by atoms with van der Waals surface area (Å²) in [5.41, 5.74) is -0.637. The van der Waals surface area contributed by atoms with Crippen molar-refractivity contribution in [2.45, 2.75) is 46.3 Å². The fourth-order valence-corrected chi connectivity index (χ4v) is 1.43. The van der Waals surface area contributed by atoms with Crippen LogP contribution in [-0.4, -0.2) is 42.8 Å². The van der Waals surface area contributed by atoms with Crippen molar-refractivity contribution in [1.82, 2.24) is 10.6 Å². The number of hydrogen-bond donors (Lipinski definition) is 2. The van der Waals surface area contributed by atoms with Crippen molar-refractivity contribution in [3.05, 3.63) is 12.7 Å². The Hall–Kier alpha value is -2.05. The minimum atomic E-state index is -0.780. The minimum absolute atomic E-state index is 0.0555. The first-order valence-electron chi connectivity index (χ1n) is 7.10. The van der Waals surface area contributed by atoms with E-state index in [0.29, 0.717) is 0 Å².